The van der Waals surface area contributed by atoms with Gasteiger partial charge in [-0.2, -0.15) is 5.10 Å². The summed E-state index contributed by atoms with van der Waals surface area (Å²) < 4.78 is 3.29. The Kier molecular flexibility index (Phi) is 5.82. The van der Waals surface area contributed by atoms with Gasteiger partial charge >= 0.3 is 0 Å². The molecule has 0 saturated heterocycles. The normalized spacial score (nSPS) is 12.2. The number of nitrogens with zero attached hydrogens (tertiary/aromatic N) is 5. The second-order valence-corrected chi connectivity index (χ2v) is 7.05. The van der Waals surface area contributed by atoms with Crippen LogP contribution in [0.15, 0.2) is 30.6 Å². The Hall–Kier alpha value is -2.38. The third kappa shape index (κ3) is 4.31. The Labute approximate surface area is 167 Å². The molecule has 0 saturated carbocycles. The number of halogens is 2. The van der Waals surface area contributed by atoms with E-state index in [1.165, 1.54) is 0 Å². The third-order valence-corrected chi connectivity index (χ3v) is 5.01. The fourth-order valence-corrected chi connectivity index (χ4v) is 3.20. The molecule has 1 unspecified atom stereocenters. The largest absolute Gasteiger partial charge is 0.291 e. The minimum atomic E-state index is -0.490. The molecule has 0 aliphatic rings. The second-order valence-electron chi connectivity index (χ2n) is 6.24. The summed E-state index contributed by atoms with van der Waals surface area (Å²) in [6.45, 7) is 6.08. The van der Waals surface area contributed by atoms with Crippen LogP contribution in [-0.2, 0) is 11.3 Å². The smallest absolute Gasteiger partial charge is 0.251 e. The maximum atomic E-state index is 12.7. The van der Waals surface area contributed by atoms with Gasteiger partial charge in [0.05, 0.1) is 23.0 Å². The molecule has 2 aromatic heterocycles. The summed E-state index contributed by atoms with van der Waals surface area (Å²) in [4.78, 5) is 16.9. The lowest BCUT2D eigenvalue weighted by molar-refractivity contribution is -0.119. The van der Waals surface area contributed by atoms with E-state index in [0.29, 0.717) is 28.7 Å². The van der Waals surface area contributed by atoms with Crippen molar-refractivity contribution in [2.45, 2.75) is 39.8 Å². The highest BCUT2D eigenvalue weighted by Gasteiger charge is 2.24. The lowest BCUT2D eigenvalue weighted by Crippen LogP contribution is -2.27. The zero-order chi connectivity index (χ0) is 19.6. The van der Waals surface area contributed by atoms with Crippen molar-refractivity contribution in [2.24, 2.45) is 0 Å². The van der Waals surface area contributed by atoms with Crippen molar-refractivity contribution in [1.29, 1.82) is 0 Å². The number of hydrogen-bond acceptors (Lipinski definition) is 4. The fourth-order valence-electron chi connectivity index (χ4n) is 2.86. The quantitative estimate of drug-likeness (QED) is 0.669. The molecule has 0 fully saturated rings. The second kappa shape index (κ2) is 8.10. The number of hydrogen-bond donors (Lipinski definition) is 1. The van der Waals surface area contributed by atoms with E-state index in [1.54, 1.807) is 15.7 Å². The number of anilines is 1. The SMILES string of the molecule is CCC(C(=O)Nc1ncn(Cc2cccc(Cl)c2)n1)n1nc(C)c(Cl)c1C. The van der Waals surface area contributed by atoms with Gasteiger partial charge < -0.3 is 0 Å². The van der Waals surface area contributed by atoms with Gasteiger partial charge in [-0.25, -0.2) is 9.67 Å². The number of aryl methyl sites for hydroxylation is 1. The number of amides is 1. The Morgan fingerprint density at radius 3 is 2.67 bits per heavy atom. The Bertz CT molecular complexity index is 965. The Morgan fingerprint density at radius 1 is 1.26 bits per heavy atom. The Morgan fingerprint density at radius 2 is 2.04 bits per heavy atom. The first kappa shape index (κ1) is 19.4. The lowest BCUT2D eigenvalue weighted by Gasteiger charge is -2.16. The van der Waals surface area contributed by atoms with Crippen LogP contribution in [0.2, 0.25) is 10.0 Å². The van der Waals surface area contributed by atoms with Crippen molar-refractivity contribution in [3.8, 4) is 0 Å². The molecule has 0 aliphatic heterocycles. The van der Waals surface area contributed by atoms with Crippen molar-refractivity contribution >= 4 is 35.1 Å². The molecule has 2 heterocycles. The molecule has 0 aliphatic carbocycles. The molecule has 1 atom stereocenters. The first-order chi connectivity index (χ1) is 12.9. The lowest BCUT2D eigenvalue weighted by atomic mass is 10.2. The predicted octanol–water partition coefficient (Wildman–Crippen LogP) is 4.04. The van der Waals surface area contributed by atoms with Gasteiger partial charge in [-0.05, 0) is 38.0 Å². The van der Waals surface area contributed by atoms with Crippen LogP contribution in [0.5, 0.6) is 0 Å². The van der Waals surface area contributed by atoms with Crippen molar-refractivity contribution in [2.75, 3.05) is 5.32 Å². The monoisotopic (exact) mass is 406 g/mol. The van der Waals surface area contributed by atoms with Crippen LogP contribution in [0, 0.1) is 13.8 Å². The van der Waals surface area contributed by atoms with Crippen LogP contribution in [0.3, 0.4) is 0 Å². The number of nitrogens with one attached hydrogen (secondary N) is 1. The standard InChI is InChI=1S/C18H20Cl2N6O/c1-4-15(26-12(3)16(20)11(2)23-26)17(27)22-18-21-10-25(24-18)9-13-6-5-7-14(19)8-13/h5-8,10,15H,4,9H2,1-3H3,(H,22,24,27). The van der Waals surface area contributed by atoms with Crippen LogP contribution < -0.4 is 5.32 Å². The first-order valence-corrected chi connectivity index (χ1v) is 9.30. The van der Waals surface area contributed by atoms with E-state index in [0.717, 1.165) is 11.3 Å². The minimum Gasteiger partial charge on any atom is -0.291 e. The molecule has 3 aromatic rings. The van der Waals surface area contributed by atoms with Gasteiger partial charge in [0.25, 0.3) is 5.91 Å². The number of rotatable bonds is 6. The molecule has 1 aromatic carbocycles. The van der Waals surface area contributed by atoms with E-state index in [2.05, 4.69) is 20.5 Å². The van der Waals surface area contributed by atoms with Gasteiger partial charge in [0, 0.05) is 5.02 Å². The van der Waals surface area contributed by atoms with E-state index in [4.69, 9.17) is 23.2 Å². The average Bonchev–Trinajstić information content (AvgIpc) is 3.16. The number of aromatic nitrogens is 5. The molecule has 27 heavy (non-hydrogen) atoms. The summed E-state index contributed by atoms with van der Waals surface area (Å²) in [5, 5.41) is 12.7. The molecular formula is C18H20Cl2N6O. The molecular weight excluding hydrogens is 387 g/mol. The summed E-state index contributed by atoms with van der Waals surface area (Å²) in [6.07, 6.45) is 2.13. The van der Waals surface area contributed by atoms with Crippen LogP contribution in [-0.4, -0.2) is 30.5 Å². The van der Waals surface area contributed by atoms with Gasteiger partial charge in [-0.15, -0.1) is 5.10 Å². The summed E-state index contributed by atoms with van der Waals surface area (Å²) in [5.41, 5.74) is 2.45. The zero-order valence-corrected chi connectivity index (χ0v) is 16.8. The zero-order valence-electron chi connectivity index (χ0n) is 15.3. The van der Waals surface area contributed by atoms with E-state index < -0.39 is 6.04 Å². The summed E-state index contributed by atoms with van der Waals surface area (Å²) in [5.74, 6) is 0.00776. The minimum absolute atomic E-state index is 0.236. The molecule has 1 N–H and O–H groups in total. The van der Waals surface area contributed by atoms with Crippen LogP contribution in [0.1, 0.15) is 36.3 Å². The maximum Gasteiger partial charge on any atom is 0.251 e. The van der Waals surface area contributed by atoms with Crippen molar-refractivity contribution in [3.63, 3.8) is 0 Å². The van der Waals surface area contributed by atoms with Crippen molar-refractivity contribution in [3.05, 3.63) is 57.6 Å². The highest BCUT2D eigenvalue weighted by Crippen LogP contribution is 2.24. The molecule has 0 spiro atoms. The molecule has 142 valence electrons. The highest BCUT2D eigenvalue weighted by atomic mass is 35.5. The van der Waals surface area contributed by atoms with Crippen molar-refractivity contribution < 1.29 is 4.79 Å². The van der Waals surface area contributed by atoms with Gasteiger partial charge in [-0.3, -0.25) is 14.8 Å². The van der Waals surface area contributed by atoms with E-state index in [9.17, 15) is 4.79 Å². The Balaban J connectivity index is 1.72. The van der Waals surface area contributed by atoms with Crippen LogP contribution in [0.25, 0.3) is 0 Å². The fraction of sp³-hybridized carbons (Fsp3) is 0.333. The summed E-state index contributed by atoms with van der Waals surface area (Å²) in [6, 6.07) is 7.01. The highest BCUT2D eigenvalue weighted by molar-refractivity contribution is 6.31. The number of benzene rings is 1. The number of carbonyl (C=O) groups is 1. The van der Waals surface area contributed by atoms with E-state index >= 15 is 0 Å². The molecule has 3 rings (SSSR count). The van der Waals surface area contributed by atoms with E-state index in [1.807, 2.05) is 45.0 Å². The van der Waals surface area contributed by atoms with Gasteiger partial charge in [0.15, 0.2) is 0 Å². The average molecular weight is 407 g/mol. The maximum absolute atomic E-state index is 12.7. The predicted molar refractivity (Wildman–Crippen MR) is 105 cm³/mol. The summed E-state index contributed by atoms with van der Waals surface area (Å²) in [7, 11) is 0. The first-order valence-electron chi connectivity index (χ1n) is 8.55. The van der Waals surface area contributed by atoms with Crippen molar-refractivity contribution in [1.82, 2.24) is 24.5 Å². The number of carbonyl (C=O) groups excluding carboxylic acids is 1. The van der Waals surface area contributed by atoms with Gasteiger partial charge in [0.1, 0.15) is 12.4 Å². The summed E-state index contributed by atoms with van der Waals surface area (Å²) >= 11 is 12.2. The molecule has 9 heteroatoms. The molecule has 0 radical (unpaired) electrons. The third-order valence-electron chi connectivity index (χ3n) is 4.23. The topological polar surface area (TPSA) is 77.6 Å². The van der Waals surface area contributed by atoms with Crippen LogP contribution in [0.4, 0.5) is 5.95 Å². The molecule has 1 amide bonds. The van der Waals surface area contributed by atoms with E-state index in [-0.39, 0.29) is 11.9 Å². The van der Waals surface area contributed by atoms with Gasteiger partial charge in [0.2, 0.25) is 5.95 Å². The van der Waals surface area contributed by atoms with Gasteiger partial charge in [-0.1, -0.05) is 42.3 Å². The molecule has 0 bridgehead atoms. The van der Waals surface area contributed by atoms with Crippen LogP contribution >= 0.6 is 23.2 Å². The molecule has 7 nitrogen and oxygen atoms in total.